The largest absolute Gasteiger partial charge is 0.378 e. The van der Waals surface area contributed by atoms with Gasteiger partial charge in [0.2, 0.25) is 0 Å². The van der Waals surface area contributed by atoms with E-state index in [1.54, 1.807) is 23.9 Å². The van der Waals surface area contributed by atoms with E-state index in [1.165, 1.54) is 18.9 Å². The van der Waals surface area contributed by atoms with Crippen molar-refractivity contribution in [3.63, 3.8) is 0 Å². The van der Waals surface area contributed by atoms with Gasteiger partial charge in [0, 0.05) is 23.3 Å². The Morgan fingerprint density at radius 3 is 3.11 bits per heavy atom. The molecule has 1 aromatic rings. The molecule has 0 aliphatic carbocycles. The molecule has 1 heterocycles. The molecule has 0 bridgehead atoms. The zero-order valence-electron chi connectivity index (χ0n) is 11.2. The highest BCUT2D eigenvalue weighted by Crippen LogP contribution is 2.21. The number of rotatable bonds is 7. The van der Waals surface area contributed by atoms with Crippen molar-refractivity contribution in [3.8, 4) is 0 Å². The van der Waals surface area contributed by atoms with Crippen LogP contribution in [0.2, 0.25) is 0 Å². The van der Waals surface area contributed by atoms with Gasteiger partial charge in [0.15, 0.2) is 0 Å². The molecule has 1 aliphatic heterocycles. The van der Waals surface area contributed by atoms with Crippen molar-refractivity contribution >= 4 is 11.8 Å². The summed E-state index contributed by atoms with van der Waals surface area (Å²) in [5, 5.41) is 0. The molecule has 1 aromatic carbocycles. The Morgan fingerprint density at radius 1 is 1.47 bits per heavy atom. The van der Waals surface area contributed by atoms with Crippen molar-refractivity contribution in [2.24, 2.45) is 5.73 Å². The lowest BCUT2D eigenvalue weighted by molar-refractivity contribution is 0.102. The lowest BCUT2D eigenvalue weighted by Gasteiger charge is -2.13. The molecule has 4 heteroatoms. The summed E-state index contributed by atoms with van der Waals surface area (Å²) in [4.78, 5) is 0.953. The summed E-state index contributed by atoms with van der Waals surface area (Å²) in [7, 11) is 0. The second-order valence-corrected chi connectivity index (χ2v) is 6.19. The minimum Gasteiger partial charge on any atom is -0.378 e. The molecule has 2 nitrogen and oxygen atoms in total. The molecule has 1 aliphatic rings. The van der Waals surface area contributed by atoms with Crippen LogP contribution in [0, 0.1) is 5.82 Å². The molecule has 106 valence electrons. The topological polar surface area (TPSA) is 35.2 Å². The first-order valence-corrected chi connectivity index (χ1v) is 7.98. The Kier molecular flexibility index (Phi) is 6.14. The van der Waals surface area contributed by atoms with E-state index >= 15 is 0 Å². The summed E-state index contributed by atoms with van der Waals surface area (Å²) in [6.45, 7) is 0.923. The fraction of sp³-hybridized carbons (Fsp3) is 0.600. The molecular weight excluding hydrogens is 261 g/mol. The molecule has 1 fully saturated rings. The molecule has 0 saturated carbocycles. The maximum atomic E-state index is 13.0. The lowest BCUT2D eigenvalue weighted by atomic mass is 10.1. The van der Waals surface area contributed by atoms with E-state index in [4.69, 9.17) is 10.5 Å². The van der Waals surface area contributed by atoms with Crippen LogP contribution in [0.15, 0.2) is 29.2 Å². The van der Waals surface area contributed by atoms with Crippen LogP contribution in [-0.4, -0.2) is 24.5 Å². The Hall–Kier alpha value is -0.580. The monoisotopic (exact) mass is 283 g/mol. The van der Waals surface area contributed by atoms with Crippen molar-refractivity contribution < 1.29 is 9.13 Å². The van der Waals surface area contributed by atoms with Gasteiger partial charge in [-0.1, -0.05) is 6.07 Å². The molecule has 2 unspecified atom stereocenters. The molecule has 2 N–H and O–H groups in total. The molecule has 0 spiro atoms. The zero-order valence-corrected chi connectivity index (χ0v) is 12.0. The van der Waals surface area contributed by atoms with Crippen LogP contribution in [0.5, 0.6) is 0 Å². The number of hydrogen-bond donors (Lipinski definition) is 1. The van der Waals surface area contributed by atoms with Crippen molar-refractivity contribution in [1.29, 1.82) is 0 Å². The number of halogens is 1. The van der Waals surface area contributed by atoms with Crippen LogP contribution in [0.25, 0.3) is 0 Å². The first-order chi connectivity index (χ1) is 9.24. The molecule has 2 rings (SSSR count). The summed E-state index contributed by atoms with van der Waals surface area (Å²) in [6, 6.07) is 6.86. The summed E-state index contributed by atoms with van der Waals surface area (Å²) in [5.41, 5.74) is 6.09. The number of hydrogen-bond acceptors (Lipinski definition) is 3. The molecule has 0 amide bonds. The van der Waals surface area contributed by atoms with E-state index in [1.807, 2.05) is 6.07 Å². The van der Waals surface area contributed by atoms with Gasteiger partial charge in [-0.05, 0) is 50.3 Å². The third-order valence-corrected chi connectivity index (χ3v) is 4.57. The van der Waals surface area contributed by atoms with Crippen LogP contribution >= 0.6 is 11.8 Å². The highest BCUT2D eigenvalue weighted by Gasteiger charge is 2.15. The average Bonchev–Trinajstić information content (AvgIpc) is 2.90. The average molecular weight is 283 g/mol. The predicted molar refractivity (Wildman–Crippen MR) is 77.9 cm³/mol. The van der Waals surface area contributed by atoms with Crippen LogP contribution < -0.4 is 5.73 Å². The van der Waals surface area contributed by atoms with Crippen molar-refractivity contribution in [2.75, 3.05) is 12.4 Å². The minimum atomic E-state index is -0.183. The van der Waals surface area contributed by atoms with Gasteiger partial charge in [0.1, 0.15) is 5.82 Å². The van der Waals surface area contributed by atoms with E-state index in [-0.39, 0.29) is 11.9 Å². The highest BCUT2D eigenvalue weighted by atomic mass is 32.2. The Morgan fingerprint density at radius 2 is 2.37 bits per heavy atom. The minimum absolute atomic E-state index is 0.176. The second kappa shape index (κ2) is 7.88. The lowest BCUT2D eigenvalue weighted by Crippen LogP contribution is -2.23. The zero-order chi connectivity index (χ0) is 13.5. The van der Waals surface area contributed by atoms with Gasteiger partial charge in [-0.3, -0.25) is 0 Å². The number of thioether (sulfide) groups is 1. The van der Waals surface area contributed by atoms with Crippen LogP contribution in [0.3, 0.4) is 0 Å². The van der Waals surface area contributed by atoms with E-state index in [0.29, 0.717) is 6.10 Å². The Bertz CT molecular complexity index is 382. The van der Waals surface area contributed by atoms with Gasteiger partial charge >= 0.3 is 0 Å². The summed E-state index contributed by atoms with van der Waals surface area (Å²) >= 11 is 1.63. The summed E-state index contributed by atoms with van der Waals surface area (Å²) in [5.74, 6) is 0.659. The molecule has 0 radical (unpaired) electrons. The normalized spacial score (nSPS) is 20.6. The van der Waals surface area contributed by atoms with E-state index in [2.05, 4.69) is 0 Å². The Balaban J connectivity index is 1.60. The first kappa shape index (κ1) is 14.8. The smallest absolute Gasteiger partial charge is 0.124 e. The second-order valence-electron chi connectivity index (χ2n) is 5.09. The molecule has 2 atom stereocenters. The predicted octanol–water partition coefficient (Wildman–Crippen LogP) is 3.59. The van der Waals surface area contributed by atoms with Crippen LogP contribution in [0.1, 0.15) is 32.1 Å². The van der Waals surface area contributed by atoms with Gasteiger partial charge in [0.25, 0.3) is 0 Å². The van der Waals surface area contributed by atoms with Crippen molar-refractivity contribution in [2.45, 2.75) is 49.1 Å². The highest BCUT2D eigenvalue weighted by molar-refractivity contribution is 7.99. The van der Waals surface area contributed by atoms with Gasteiger partial charge < -0.3 is 10.5 Å². The fourth-order valence-electron chi connectivity index (χ4n) is 2.32. The van der Waals surface area contributed by atoms with Crippen LogP contribution in [-0.2, 0) is 4.74 Å². The van der Waals surface area contributed by atoms with Gasteiger partial charge in [0.05, 0.1) is 6.10 Å². The number of ether oxygens (including phenoxy) is 1. The fourth-order valence-corrected chi connectivity index (χ4v) is 3.27. The number of benzene rings is 1. The van der Waals surface area contributed by atoms with Crippen molar-refractivity contribution in [1.82, 2.24) is 0 Å². The Labute approximate surface area is 118 Å². The summed E-state index contributed by atoms with van der Waals surface area (Å²) in [6.07, 6.45) is 6.12. The van der Waals surface area contributed by atoms with E-state index in [9.17, 15) is 4.39 Å². The molecular formula is C15H22FNOS. The van der Waals surface area contributed by atoms with Gasteiger partial charge in [-0.2, -0.15) is 0 Å². The van der Waals surface area contributed by atoms with Crippen LogP contribution in [0.4, 0.5) is 4.39 Å². The first-order valence-electron chi connectivity index (χ1n) is 6.99. The summed E-state index contributed by atoms with van der Waals surface area (Å²) < 4.78 is 18.6. The quantitative estimate of drug-likeness (QED) is 0.777. The SMILES string of the molecule is NC(CCCC1CCCO1)CSc1cccc(F)c1. The third-order valence-electron chi connectivity index (χ3n) is 3.39. The van der Waals surface area contributed by atoms with E-state index < -0.39 is 0 Å². The third kappa shape index (κ3) is 5.51. The van der Waals surface area contributed by atoms with Gasteiger partial charge in [-0.25, -0.2) is 4.39 Å². The standard InChI is InChI=1S/C15H22FNOS/c16-12-4-1-8-15(10-12)19-11-13(17)5-2-6-14-7-3-9-18-14/h1,4,8,10,13-14H,2-3,5-7,9,11,17H2. The molecule has 19 heavy (non-hydrogen) atoms. The van der Waals surface area contributed by atoms with E-state index in [0.717, 1.165) is 36.5 Å². The van der Waals surface area contributed by atoms with Crippen molar-refractivity contribution in [3.05, 3.63) is 30.1 Å². The maximum absolute atomic E-state index is 13.0. The maximum Gasteiger partial charge on any atom is 0.124 e. The molecule has 1 saturated heterocycles. The van der Waals surface area contributed by atoms with Gasteiger partial charge in [-0.15, -0.1) is 11.8 Å². The number of nitrogens with two attached hydrogens (primary N) is 1. The molecule has 0 aromatic heterocycles.